The third-order valence-corrected chi connectivity index (χ3v) is 7.85. The van der Waals surface area contributed by atoms with Gasteiger partial charge in [0.2, 0.25) is 0 Å². The highest BCUT2D eigenvalue weighted by atomic mass is 19.1. The zero-order valence-corrected chi connectivity index (χ0v) is 24.3. The van der Waals surface area contributed by atoms with E-state index >= 15 is 0 Å². The number of aliphatic carboxylic acids is 1. The summed E-state index contributed by atoms with van der Waals surface area (Å²) in [4.78, 5) is 30.8. The van der Waals surface area contributed by atoms with Crippen LogP contribution in [-0.4, -0.2) is 76.6 Å². The lowest BCUT2D eigenvalue weighted by Gasteiger charge is -2.47. The Hall–Kier alpha value is -3.75. The standard InChI is InChI=1S/C33H40FN3O4/c1-5-35(6-2)33(40)27-14-12-26(13-15-27)32(28-8-7-9-30(18-28)41-22-31(38)39)37-20-23(3)36(19-24(37)4)21-25-10-16-29(34)17-11-25/h7-18,23-24,32H,5-6,19-22H2,1-4H3,(H,38,39)/t23-,24+,32-/m1/s1. The van der Waals surface area contributed by atoms with Gasteiger partial charge < -0.3 is 14.7 Å². The molecule has 1 N–H and O–H groups in total. The Kier molecular flexibility index (Phi) is 10.1. The van der Waals surface area contributed by atoms with E-state index in [0.29, 0.717) is 24.4 Å². The first-order chi connectivity index (χ1) is 19.7. The number of hydrogen-bond donors (Lipinski definition) is 1. The number of carbonyl (C=O) groups excluding carboxylic acids is 1. The van der Waals surface area contributed by atoms with Crippen molar-refractivity contribution in [3.05, 3.63) is 101 Å². The molecule has 3 atom stereocenters. The summed E-state index contributed by atoms with van der Waals surface area (Å²) in [5.74, 6) is -0.750. The zero-order valence-electron chi connectivity index (χ0n) is 24.3. The normalized spacial score (nSPS) is 18.6. The summed E-state index contributed by atoms with van der Waals surface area (Å²) in [6.07, 6.45) is 0. The Bertz CT molecular complexity index is 1310. The van der Waals surface area contributed by atoms with Gasteiger partial charge in [-0.3, -0.25) is 14.6 Å². The minimum absolute atomic E-state index is 0.0126. The molecular formula is C33H40FN3O4. The molecule has 4 rings (SSSR count). The van der Waals surface area contributed by atoms with Gasteiger partial charge >= 0.3 is 5.97 Å². The topological polar surface area (TPSA) is 73.3 Å². The lowest BCUT2D eigenvalue weighted by Crippen LogP contribution is -2.56. The summed E-state index contributed by atoms with van der Waals surface area (Å²) in [6.45, 7) is 11.6. The van der Waals surface area contributed by atoms with Crippen LogP contribution in [0, 0.1) is 5.82 Å². The Morgan fingerprint density at radius 1 is 0.951 bits per heavy atom. The third kappa shape index (κ3) is 7.51. The molecule has 8 heteroatoms. The summed E-state index contributed by atoms with van der Waals surface area (Å²) >= 11 is 0. The molecule has 0 unspecified atom stereocenters. The van der Waals surface area contributed by atoms with Gasteiger partial charge in [0.1, 0.15) is 11.6 Å². The number of nitrogens with zero attached hydrogens (tertiary/aromatic N) is 3. The van der Waals surface area contributed by atoms with Gasteiger partial charge in [-0.25, -0.2) is 9.18 Å². The molecule has 41 heavy (non-hydrogen) atoms. The Morgan fingerprint density at radius 3 is 2.27 bits per heavy atom. The van der Waals surface area contributed by atoms with Crippen LogP contribution in [0.2, 0.25) is 0 Å². The first-order valence-electron chi connectivity index (χ1n) is 14.3. The minimum atomic E-state index is -1.03. The quantitative estimate of drug-likeness (QED) is 0.336. The molecule has 1 heterocycles. The number of carboxylic acid groups (broad SMARTS) is 1. The fourth-order valence-electron chi connectivity index (χ4n) is 5.63. The summed E-state index contributed by atoms with van der Waals surface area (Å²) in [5, 5.41) is 9.10. The number of hydrogen-bond acceptors (Lipinski definition) is 5. The van der Waals surface area contributed by atoms with Crippen LogP contribution in [0.3, 0.4) is 0 Å². The van der Waals surface area contributed by atoms with Crippen LogP contribution in [0.5, 0.6) is 5.75 Å². The van der Waals surface area contributed by atoms with Crippen LogP contribution in [0.1, 0.15) is 60.8 Å². The van der Waals surface area contributed by atoms with E-state index in [1.807, 2.05) is 68.4 Å². The Balaban J connectivity index is 1.64. The minimum Gasteiger partial charge on any atom is -0.482 e. The van der Waals surface area contributed by atoms with Crippen molar-refractivity contribution in [1.29, 1.82) is 0 Å². The molecule has 0 bridgehead atoms. The maximum absolute atomic E-state index is 13.4. The molecule has 1 amide bonds. The molecule has 218 valence electrons. The number of carboxylic acids is 1. The summed E-state index contributed by atoms with van der Waals surface area (Å²) in [5.41, 5.74) is 3.76. The highest BCUT2D eigenvalue weighted by Crippen LogP contribution is 2.35. The molecule has 0 radical (unpaired) electrons. The van der Waals surface area contributed by atoms with E-state index in [-0.39, 0.29) is 29.8 Å². The lowest BCUT2D eigenvalue weighted by atomic mass is 9.92. The molecule has 1 saturated heterocycles. The number of rotatable bonds is 11. The highest BCUT2D eigenvalue weighted by molar-refractivity contribution is 5.94. The lowest BCUT2D eigenvalue weighted by molar-refractivity contribution is -0.139. The number of amides is 1. The maximum atomic E-state index is 13.4. The van der Waals surface area contributed by atoms with E-state index < -0.39 is 12.6 Å². The van der Waals surface area contributed by atoms with Gasteiger partial charge in [0.15, 0.2) is 6.61 Å². The van der Waals surface area contributed by atoms with Gasteiger partial charge in [0.25, 0.3) is 5.91 Å². The molecule has 1 fully saturated rings. The van der Waals surface area contributed by atoms with Crippen LogP contribution < -0.4 is 4.74 Å². The van der Waals surface area contributed by atoms with Gasteiger partial charge in [0, 0.05) is 50.4 Å². The van der Waals surface area contributed by atoms with Crippen molar-refractivity contribution in [1.82, 2.24) is 14.7 Å². The molecule has 3 aromatic carbocycles. The number of piperazine rings is 1. The zero-order chi connectivity index (χ0) is 29.5. The molecule has 7 nitrogen and oxygen atoms in total. The number of ether oxygens (including phenoxy) is 1. The fourth-order valence-corrected chi connectivity index (χ4v) is 5.63. The largest absolute Gasteiger partial charge is 0.482 e. The van der Waals surface area contributed by atoms with Crippen molar-refractivity contribution in [2.75, 3.05) is 32.8 Å². The van der Waals surface area contributed by atoms with E-state index in [2.05, 4.69) is 23.6 Å². The van der Waals surface area contributed by atoms with E-state index in [1.165, 1.54) is 12.1 Å². The molecule has 0 aliphatic carbocycles. The maximum Gasteiger partial charge on any atom is 0.341 e. The fraction of sp³-hybridized carbons (Fsp3) is 0.394. The van der Waals surface area contributed by atoms with Crippen molar-refractivity contribution in [2.24, 2.45) is 0 Å². The molecular weight excluding hydrogens is 521 g/mol. The highest BCUT2D eigenvalue weighted by Gasteiger charge is 2.35. The smallest absolute Gasteiger partial charge is 0.341 e. The third-order valence-electron chi connectivity index (χ3n) is 7.85. The van der Waals surface area contributed by atoms with Crippen molar-refractivity contribution in [3.63, 3.8) is 0 Å². The van der Waals surface area contributed by atoms with Gasteiger partial charge in [-0.15, -0.1) is 0 Å². The summed E-state index contributed by atoms with van der Waals surface area (Å²) < 4.78 is 19.0. The number of carbonyl (C=O) groups is 2. The van der Waals surface area contributed by atoms with E-state index in [1.54, 1.807) is 11.0 Å². The monoisotopic (exact) mass is 561 g/mol. The SMILES string of the molecule is CCN(CC)C(=O)c1ccc([C@H](c2cccc(OCC(=O)O)c2)N2C[C@@H](C)N(Cc3ccc(F)cc3)C[C@@H]2C)cc1. The second-order valence-corrected chi connectivity index (χ2v) is 10.7. The van der Waals surface area contributed by atoms with Crippen molar-refractivity contribution >= 4 is 11.9 Å². The number of benzene rings is 3. The summed E-state index contributed by atoms with van der Waals surface area (Å²) in [7, 11) is 0. The van der Waals surface area contributed by atoms with Crippen molar-refractivity contribution in [3.8, 4) is 5.75 Å². The van der Waals surface area contributed by atoms with Gasteiger partial charge in [-0.1, -0.05) is 36.4 Å². The van der Waals surface area contributed by atoms with Gasteiger partial charge in [-0.2, -0.15) is 0 Å². The first-order valence-corrected chi connectivity index (χ1v) is 14.3. The predicted octanol–water partition coefficient (Wildman–Crippen LogP) is 5.46. The number of halogens is 1. The molecule has 1 aliphatic heterocycles. The van der Waals surface area contributed by atoms with Crippen LogP contribution in [0.4, 0.5) is 4.39 Å². The second-order valence-electron chi connectivity index (χ2n) is 10.7. The summed E-state index contributed by atoms with van der Waals surface area (Å²) in [6, 6.07) is 22.4. The Morgan fingerprint density at radius 2 is 1.63 bits per heavy atom. The molecule has 0 spiro atoms. The van der Waals surface area contributed by atoms with Crippen LogP contribution >= 0.6 is 0 Å². The van der Waals surface area contributed by atoms with E-state index in [0.717, 1.165) is 36.3 Å². The predicted molar refractivity (Wildman–Crippen MR) is 158 cm³/mol. The van der Waals surface area contributed by atoms with Crippen LogP contribution in [-0.2, 0) is 11.3 Å². The van der Waals surface area contributed by atoms with E-state index in [9.17, 15) is 14.0 Å². The van der Waals surface area contributed by atoms with E-state index in [4.69, 9.17) is 9.84 Å². The molecule has 0 aromatic heterocycles. The molecule has 3 aromatic rings. The Labute approximate surface area is 242 Å². The van der Waals surface area contributed by atoms with Crippen molar-refractivity contribution in [2.45, 2.75) is 52.4 Å². The van der Waals surface area contributed by atoms with Gasteiger partial charge in [0.05, 0.1) is 6.04 Å². The average molecular weight is 562 g/mol. The first kappa shape index (κ1) is 30.2. The molecule has 0 saturated carbocycles. The van der Waals surface area contributed by atoms with Crippen molar-refractivity contribution < 1.29 is 23.8 Å². The second kappa shape index (κ2) is 13.7. The van der Waals surface area contributed by atoms with Crippen LogP contribution in [0.15, 0.2) is 72.8 Å². The van der Waals surface area contributed by atoms with Gasteiger partial charge in [-0.05, 0) is 80.8 Å². The average Bonchev–Trinajstić information content (AvgIpc) is 2.97. The molecule has 1 aliphatic rings. The van der Waals surface area contributed by atoms with Crippen LogP contribution in [0.25, 0.3) is 0 Å².